The molecule has 4 aromatic rings. The van der Waals surface area contributed by atoms with Crippen molar-refractivity contribution in [3.8, 4) is 23.0 Å². The van der Waals surface area contributed by atoms with Gasteiger partial charge in [0.1, 0.15) is 29.7 Å². The topological polar surface area (TPSA) is 102 Å². The number of aryl methyl sites for hydroxylation is 1. The summed E-state index contributed by atoms with van der Waals surface area (Å²) in [6.45, 7) is 0.270. The van der Waals surface area contributed by atoms with E-state index in [2.05, 4.69) is 4.98 Å². The number of rotatable bonds is 6. The third-order valence-electron chi connectivity index (χ3n) is 6.46. The zero-order valence-corrected chi connectivity index (χ0v) is 20.1. The summed E-state index contributed by atoms with van der Waals surface area (Å²) in [6.07, 6.45) is 6.70. The Hall–Kier alpha value is -4.79. The van der Waals surface area contributed by atoms with E-state index >= 15 is 0 Å². The lowest BCUT2D eigenvalue weighted by atomic mass is 9.84. The van der Waals surface area contributed by atoms with Gasteiger partial charge in [0.15, 0.2) is 17.3 Å². The zero-order valence-electron chi connectivity index (χ0n) is 20.1. The Morgan fingerprint density at radius 3 is 2.78 bits per heavy atom. The molecule has 186 valence electrons. The Morgan fingerprint density at radius 2 is 2.03 bits per heavy atom. The minimum atomic E-state index is -0.417. The van der Waals surface area contributed by atoms with E-state index in [1.54, 1.807) is 49.7 Å². The molecule has 2 aromatic heterocycles. The molecule has 0 radical (unpaired) electrons. The lowest BCUT2D eigenvalue weighted by molar-refractivity contribution is -0.135. The molecule has 0 N–H and O–H groups in total. The molecule has 9 nitrogen and oxygen atoms in total. The third kappa shape index (κ3) is 4.04. The Morgan fingerprint density at radius 1 is 1.14 bits per heavy atom. The number of fused-ring (bicyclic) bond motifs is 3. The van der Waals surface area contributed by atoms with E-state index in [0.29, 0.717) is 39.9 Å². The van der Waals surface area contributed by atoms with Gasteiger partial charge in [-0.25, -0.2) is 4.98 Å². The fraction of sp³-hybridized carbons (Fsp3) is 0.179. The first-order valence-corrected chi connectivity index (χ1v) is 11.6. The molecule has 4 heterocycles. The molecule has 9 heteroatoms. The number of esters is 1. The van der Waals surface area contributed by atoms with Gasteiger partial charge in [0.25, 0.3) is 0 Å². The van der Waals surface area contributed by atoms with Crippen LogP contribution in [0.15, 0.2) is 71.3 Å². The van der Waals surface area contributed by atoms with Crippen molar-refractivity contribution in [2.45, 2.75) is 18.9 Å². The predicted molar refractivity (Wildman–Crippen MR) is 131 cm³/mol. The number of carbonyl (C=O) groups excluding carboxylic acids is 2. The molecule has 0 saturated heterocycles. The molecule has 0 unspecified atom stereocenters. The van der Waals surface area contributed by atoms with Gasteiger partial charge in [-0.3, -0.25) is 9.59 Å². The minimum absolute atomic E-state index is 0.0782. The standard InChI is InChI=1S/C28H22N2O7/c1-30-10-9-29-24(30)15-35-20-7-5-16(12-22(20)33-2)19-14-25(31)36-21-8-6-18-27(32)23(37-28(18)26(19)21)13-17-4-3-11-34-17/h3-13,19H,14-15H2,1-2H3/b23-13-/t19-/m1/s1. The molecule has 37 heavy (non-hydrogen) atoms. The summed E-state index contributed by atoms with van der Waals surface area (Å²) >= 11 is 0. The number of Topliss-reactive ketones (excluding diaryl/α,β-unsaturated/α-hetero) is 1. The van der Waals surface area contributed by atoms with Gasteiger partial charge in [0.05, 0.1) is 25.4 Å². The quantitative estimate of drug-likeness (QED) is 0.215. The summed E-state index contributed by atoms with van der Waals surface area (Å²) in [4.78, 5) is 29.9. The molecule has 0 bridgehead atoms. The summed E-state index contributed by atoms with van der Waals surface area (Å²) in [6, 6.07) is 12.2. The number of hydrogen-bond donors (Lipinski definition) is 0. The third-order valence-corrected chi connectivity index (χ3v) is 6.46. The van der Waals surface area contributed by atoms with Crippen LogP contribution in [0.3, 0.4) is 0 Å². The monoisotopic (exact) mass is 498 g/mol. The van der Waals surface area contributed by atoms with Crippen LogP contribution in [0.25, 0.3) is 6.08 Å². The van der Waals surface area contributed by atoms with Crippen LogP contribution in [0.4, 0.5) is 0 Å². The minimum Gasteiger partial charge on any atom is -0.493 e. The molecule has 2 aromatic carbocycles. The van der Waals surface area contributed by atoms with Crippen molar-refractivity contribution in [2.24, 2.45) is 7.05 Å². The number of allylic oxidation sites excluding steroid dienone is 1. The van der Waals surface area contributed by atoms with E-state index in [-0.39, 0.29) is 30.5 Å². The van der Waals surface area contributed by atoms with Gasteiger partial charge in [-0.15, -0.1) is 0 Å². The number of hydrogen-bond acceptors (Lipinski definition) is 8. The van der Waals surface area contributed by atoms with Crippen molar-refractivity contribution in [3.05, 3.63) is 95.2 Å². The van der Waals surface area contributed by atoms with E-state index in [4.69, 9.17) is 23.4 Å². The second kappa shape index (κ2) is 9.02. The number of nitrogens with zero attached hydrogens (tertiary/aromatic N) is 2. The van der Waals surface area contributed by atoms with Crippen LogP contribution < -0.4 is 18.9 Å². The molecule has 0 amide bonds. The molecular formula is C28H22N2O7. The SMILES string of the molecule is COc1cc([C@H]2CC(=O)Oc3ccc4c(c32)O/C(=C\c2ccco2)C4=O)ccc1OCc1nccn1C. The van der Waals surface area contributed by atoms with Gasteiger partial charge < -0.3 is 27.9 Å². The van der Waals surface area contributed by atoms with Gasteiger partial charge in [0.2, 0.25) is 5.78 Å². The van der Waals surface area contributed by atoms with Crippen molar-refractivity contribution >= 4 is 17.8 Å². The van der Waals surface area contributed by atoms with Crippen molar-refractivity contribution < 1.29 is 33.0 Å². The first-order chi connectivity index (χ1) is 18.0. The number of aromatic nitrogens is 2. The highest BCUT2D eigenvalue weighted by molar-refractivity contribution is 6.15. The molecule has 2 aliphatic heterocycles. The number of ketones is 1. The maximum atomic E-state index is 13.1. The van der Waals surface area contributed by atoms with Crippen molar-refractivity contribution in [3.63, 3.8) is 0 Å². The van der Waals surface area contributed by atoms with E-state index in [9.17, 15) is 9.59 Å². The normalized spacial score (nSPS) is 17.2. The fourth-order valence-electron chi connectivity index (χ4n) is 4.59. The van der Waals surface area contributed by atoms with Gasteiger partial charge in [0, 0.05) is 37.0 Å². The molecular weight excluding hydrogens is 476 g/mol. The number of methoxy groups -OCH3 is 1. The van der Waals surface area contributed by atoms with Crippen LogP contribution >= 0.6 is 0 Å². The van der Waals surface area contributed by atoms with Gasteiger partial charge >= 0.3 is 5.97 Å². The highest BCUT2D eigenvalue weighted by atomic mass is 16.5. The highest BCUT2D eigenvalue weighted by Crippen LogP contribution is 2.49. The summed E-state index contributed by atoms with van der Waals surface area (Å²) in [7, 11) is 3.45. The van der Waals surface area contributed by atoms with Crippen LogP contribution in [0.2, 0.25) is 0 Å². The maximum Gasteiger partial charge on any atom is 0.312 e. The van der Waals surface area contributed by atoms with Crippen molar-refractivity contribution in [2.75, 3.05) is 7.11 Å². The largest absolute Gasteiger partial charge is 0.493 e. The fourth-order valence-corrected chi connectivity index (χ4v) is 4.59. The van der Waals surface area contributed by atoms with E-state index in [0.717, 1.165) is 11.4 Å². The van der Waals surface area contributed by atoms with Crippen molar-refractivity contribution in [1.82, 2.24) is 9.55 Å². The van der Waals surface area contributed by atoms with E-state index < -0.39 is 5.92 Å². The van der Waals surface area contributed by atoms with E-state index in [1.165, 1.54) is 6.26 Å². The van der Waals surface area contributed by atoms with Crippen LogP contribution in [0.5, 0.6) is 23.0 Å². The summed E-state index contributed by atoms with van der Waals surface area (Å²) in [5, 5.41) is 0. The number of benzene rings is 2. The first-order valence-electron chi connectivity index (χ1n) is 11.6. The number of carbonyl (C=O) groups is 2. The summed E-state index contributed by atoms with van der Waals surface area (Å²) in [5.41, 5.74) is 1.84. The molecule has 1 atom stereocenters. The van der Waals surface area contributed by atoms with Gasteiger partial charge in [-0.2, -0.15) is 0 Å². The summed E-state index contributed by atoms with van der Waals surface area (Å²) < 4.78 is 30.3. The van der Waals surface area contributed by atoms with Crippen LogP contribution in [-0.2, 0) is 18.4 Å². The van der Waals surface area contributed by atoms with Crippen molar-refractivity contribution in [1.29, 1.82) is 0 Å². The van der Waals surface area contributed by atoms with E-state index in [1.807, 2.05) is 29.9 Å². The molecule has 0 fully saturated rings. The van der Waals surface area contributed by atoms with Gasteiger partial charge in [-0.05, 0) is 42.0 Å². The Labute approximate surface area is 211 Å². The number of imidazole rings is 1. The second-order valence-electron chi connectivity index (χ2n) is 8.69. The van der Waals surface area contributed by atoms with Crippen LogP contribution in [0.1, 0.15) is 45.4 Å². The molecule has 6 rings (SSSR count). The van der Waals surface area contributed by atoms with Crippen LogP contribution in [0, 0.1) is 0 Å². The molecule has 0 spiro atoms. The lowest BCUT2D eigenvalue weighted by Crippen LogP contribution is -2.21. The zero-order chi connectivity index (χ0) is 25.5. The second-order valence-corrected chi connectivity index (χ2v) is 8.69. The average molecular weight is 498 g/mol. The number of ether oxygens (including phenoxy) is 4. The predicted octanol–water partition coefficient (Wildman–Crippen LogP) is 4.66. The number of furan rings is 1. The lowest BCUT2D eigenvalue weighted by Gasteiger charge is -2.26. The molecule has 0 aliphatic carbocycles. The first kappa shape index (κ1) is 22.7. The highest BCUT2D eigenvalue weighted by Gasteiger charge is 2.38. The Balaban J connectivity index is 1.36. The smallest absolute Gasteiger partial charge is 0.312 e. The van der Waals surface area contributed by atoms with Crippen LogP contribution in [-0.4, -0.2) is 28.4 Å². The Kier molecular flexibility index (Phi) is 5.52. The molecule has 0 saturated carbocycles. The molecule has 2 aliphatic rings. The maximum absolute atomic E-state index is 13.1. The Bertz CT molecular complexity index is 1550. The summed E-state index contributed by atoms with van der Waals surface area (Å²) in [5.74, 6) is 2.15. The average Bonchev–Trinajstić information content (AvgIpc) is 3.64. The van der Waals surface area contributed by atoms with Gasteiger partial charge in [-0.1, -0.05) is 6.07 Å².